The molecule has 0 heterocycles. The molecule has 0 aliphatic heterocycles. The van der Waals surface area contributed by atoms with Gasteiger partial charge < -0.3 is 10.8 Å². The van der Waals surface area contributed by atoms with Crippen LogP contribution in [0.2, 0.25) is 0 Å². The van der Waals surface area contributed by atoms with E-state index in [2.05, 4.69) is 0 Å². The molecule has 1 fully saturated rings. The second kappa shape index (κ2) is 5.80. The van der Waals surface area contributed by atoms with E-state index < -0.39 is 16.4 Å². The second-order valence-electron chi connectivity index (χ2n) is 5.02. The highest BCUT2D eigenvalue weighted by molar-refractivity contribution is 8.00. The molecule has 0 spiro atoms. The van der Waals surface area contributed by atoms with Crippen molar-refractivity contribution in [3.63, 3.8) is 0 Å². The molecule has 2 rings (SSSR count). The van der Waals surface area contributed by atoms with E-state index in [4.69, 9.17) is 5.73 Å². The van der Waals surface area contributed by atoms with Crippen molar-refractivity contribution in [2.24, 2.45) is 5.73 Å². The molecule has 6 nitrogen and oxygen atoms in total. The standard InChI is InChI=1S/C13H16N2O4S/c14-13(12(16)17)7-3-4-9(8-13)20-11-6-2-1-5-10(11)15(18)19/h1-2,5-6,9H,3-4,7-8,14H2,(H,16,17). The maximum absolute atomic E-state index is 11.2. The van der Waals surface area contributed by atoms with Crippen molar-refractivity contribution >= 4 is 23.4 Å². The van der Waals surface area contributed by atoms with Gasteiger partial charge in [-0.05, 0) is 31.7 Å². The highest BCUT2D eigenvalue weighted by Gasteiger charge is 2.40. The number of carboxylic acids is 1. The van der Waals surface area contributed by atoms with Gasteiger partial charge in [0.1, 0.15) is 5.54 Å². The molecule has 1 aromatic carbocycles. The van der Waals surface area contributed by atoms with Crippen LogP contribution in [0.15, 0.2) is 29.2 Å². The number of nitro groups is 1. The Morgan fingerprint density at radius 2 is 2.20 bits per heavy atom. The molecule has 0 aromatic heterocycles. The first-order chi connectivity index (χ1) is 9.42. The lowest BCUT2D eigenvalue weighted by Gasteiger charge is -2.34. The van der Waals surface area contributed by atoms with E-state index in [1.807, 2.05) is 0 Å². The number of benzene rings is 1. The number of para-hydroxylation sites is 1. The Morgan fingerprint density at radius 3 is 2.85 bits per heavy atom. The van der Waals surface area contributed by atoms with E-state index >= 15 is 0 Å². The molecule has 108 valence electrons. The first-order valence-corrected chi connectivity index (χ1v) is 7.23. The highest BCUT2D eigenvalue weighted by Crippen LogP contribution is 2.40. The Kier molecular flexibility index (Phi) is 4.29. The summed E-state index contributed by atoms with van der Waals surface area (Å²) in [5, 5.41) is 20.1. The second-order valence-corrected chi connectivity index (χ2v) is 6.36. The molecule has 0 amide bonds. The summed E-state index contributed by atoms with van der Waals surface area (Å²) < 4.78 is 0. The zero-order chi connectivity index (χ0) is 14.8. The van der Waals surface area contributed by atoms with E-state index in [0.29, 0.717) is 17.7 Å². The van der Waals surface area contributed by atoms with Crippen LogP contribution in [0.3, 0.4) is 0 Å². The summed E-state index contributed by atoms with van der Waals surface area (Å²) in [6.45, 7) is 0. The molecule has 3 N–H and O–H groups in total. The van der Waals surface area contributed by atoms with Crippen LogP contribution in [0.4, 0.5) is 5.69 Å². The molecule has 0 radical (unpaired) electrons. The number of thioether (sulfide) groups is 1. The van der Waals surface area contributed by atoms with E-state index in [-0.39, 0.29) is 10.9 Å². The maximum Gasteiger partial charge on any atom is 0.323 e. The summed E-state index contributed by atoms with van der Waals surface area (Å²) in [6.07, 6.45) is 2.33. The van der Waals surface area contributed by atoms with Crippen LogP contribution < -0.4 is 5.73 Å². The van der Waals surface area contributed by atoms with Crippen molar-refractivity contribution < 1.29 is 14.8 Å². The van der Waals surface area contributed by atoms with Gasteiger partial charge in [-0.25, -0.2) is 0 Å². The molecule has 20 heavy (non-hydrogen) atoms. The van der Waals surface area contributed by atoms with Gasteiger partial charge in [0, 0.05) is 11.3 Å². The number of nitrogens with two attached hydrogens (primary N) is 1. The number of carboxylic acid groups (broad SMARTS) is 1. The molecule has 2 unspecified atom stereocenters. The van der Waals surface area contributed by atoms with Crippen LogP contribution in [-0.2, 0) is 4.79 Å². The summed E-state index contributed by atoms with van der Waals surface area (Å²) in [5.74, 6) is -0.995. The first kappa shape index (κ1) is 14.8. The van der Waals surface area contributed by atoms with Crippen LogP contribution in [0.1, 0.15) is 25.7 Å². The van der Waals surface area contributed by atoms with Crippen molar-refractivity contribution in [3.8, 4) is 0 Å². The Morgan fingerprint density at radius 1 is 1.50 bits per heavy atom. The van der Waals surface area contributed by atoms with Crippen molar-refractivity contribution in [1.82, 2.24) is 0 Å². The van der Waals surface area contributed by atoms with E-state index in [9.17, 15) is 20.0 Å². The van der Waals surface area contributed by atoms with Gasteiger partial charge >= 0.3 is 5.97 Å². The third kappa shape index (κ3) is 3.10. The van der Waals surface area contributed by atoms with Crippen LogP contribution in [0.5, 0.6) is 0 Å². The smallest absolute Gasteiger partial charge is 0.323 e. The van der Waals surface area contributed by atoms with Gasteiger partial charge in [0.25, 0.3) is 5.69 Å². The van der Waals surface area contributed by atoms with E-state index in [1.54, 1.807) is 18.2 Å². The number of hydrogen-bond acceptors (Lipinski definition) is 5. The summed E-state index contributed by atoms with van der Waals surface area (Å²) in [4.78, 5) is 22.3. The van der Waals surface area contributed by atoms with Crippen molar-refractivity contribution in [2.75, 3.05) is 0 Å². The van der Waals surface area contributed by atoms with E-state index in [0.717, 1.165) is 12.8 Å². The predicted octanol–water partition coefficient (Wildman–Crippen LogP) is 2.41. The van der Waals surface area contributed by atoms with Gasteiger partial charge in [0.05, 0.1) is 9.82 Å². The zero-order valence-corrected chi connectivity index (χ0v) is 11.6. The molecule has 0 bridgehead atoms. The fourth-order valence-corrected chi connectivity index (χ4v) is 3.88. The minimum Gasteiger partial charge on any atom is -0.480 e. The summed E-state index contributed by atoms with van der Waals surface area (Å²) in [5.41, 5.74) is 4.74. The third-order valence-electron chi connectivity index (χ3n) is 3.52. The summed E-state index contributed by atoms with van der Waals surface area (Å²) in [7, 11) is 0. The van der Waals surface area contributed by atoms with Crippen LogP contribution in [0.25, 0.3) is 0 Å². The molecule has 1 saturated carbocycles. The van der Waals surface area contributed by atoms with Gasteiger partial charge in [0.2, 0.25) is 0 Å². The number of rotatable bonds is 4. The lowest BCUT2D eigenvalue weighted by molar-refractivity contribution is -0.387. The molecule has 1 aliphatic carbocycles. The average Bonchev–Trinajstić information content (AvgIpc) is 2.39. The number of aliphatic carboxylic acids is 1. The minimum atomic E-state index is -1.21. The molecule has 1 aromatic rings. The van der Waals surface area contributed by atoms with Gasteiger partial charge in [-0.2, -0.15) is 0 Å². The lowest BCUT2D eigenvalue weighted by Crippen LogP contribution is -2.51. The summed E-state index contributed by atoms with van der Waals surface area (Å²) >= 11 is 1.35. The normalized spacial score (nSPS) is 26.1. The highest BCUT2D eigenvalue weighted by atomic mass is 32.2. The molecular weight excluding hydrogens is 280 g/mol. The molecule has 7 heteroatoms. The number of hydrogen-bond donors (Lipinski definition) is 2. The Balaban J connectivity index is 2.14. The fraction of sp³-hybridized carbons (Fsp3) is 0.462. The Labute approximate surface area is 120 Å². The number of nitrogens with zero attached hydrogens (tertiary/aromatic N) is 1. The molecule has 1 aliphatic rings. The fourth-order valence-electron chi connectivity index (χ4n) is 2.44. The van der Waals surface area contributed by atoms with Gasteiger partial charge in [-0.3, -0.25) is 14.9 Å². The lowest BCUT2D eigenvalue weighted by atomic mass is 9.82. The third-order valence-corrected chi connectivity index (χ3v) is 4.86. The SMILES string of the molecule is NC1(C(=O)O)CCCC(Sc2ccccc2[N+](=O)[O-])C1. The average molecular weight is 296 g/mol. The van der Waals surface area contributed by atoms with Crippen LogP contribution in [-0.4, -0.2) is 26.8 Å². The molecular formula is C13H16N2O4S. The predicted molar refractivity (Wildman–Crippen MR) is 75.8 cm³/mol. The Hall–Kier alpha value is -1.60. The minimum absolute atomic E-state index is 0.00838. The van der Waals surface area contributed by atoms with E-state index in [1.165, 1.54) is 17.8 Å². The van der Waals surface area contributed by atoms with Crippen molar-refractivity contribution in [1.29, 1.82) is 0 Å². The number of nitro benzene ring substituents is 1. The monoisotopic (exact) mass is 296 g/mol. The molecule has 2 atom stereocenters. The van der Waals surface area contributed by atoms with Crippen molar-refractivity contribution in [2.45, 2.75) is 41.4 Å². The van der Waals surface area contributed by atoms with Crippen LogP contribution >= 0.6 is 11.8 Å². The largest absolute Gasteiger partial charge is 0.480 e. The topological polar surface area (TPSA) is 106 Å². The van der Waals surface area contributed by atoms with Crippen LogP contribution in [0, 0.1) is 10.1 Å². The number of carbonyl (C=O) groups is 1. The van der Waals surface area contributed by atoms with Crippen molar-refractivity contribution in [3.05, 3.63) is 34.4 Å². The Bertz CT molecular complexity index is 537. The summed E-state index contributed by atoms with van der Waals surface area (Å²) in [6, 6.07) is 6.51. The van der Waals surface area contributed by atoms with Gasteiger partial charge in [-0.15, -0.1) is 11.8 Å². The molecule has 0 saturated heterocycles. The maximum atomic E-state index is 11.2. The first-order valence-electron chi connectivity index (χ1n) is 6.35. The van der Waals surface area contributed by atoms with Gasteiger partial charge in [0.15, 0.2) is 0 Å². The zero-order valence-electron chi connectivity index (χ0n) is 10.8. The van der Waals surface area contributed by atoms with Gasteiger partial charge in [-0.1, -0.05) is 12.1 Å². The quantitative estimate of drug-likeness (QED) is 0.652.